The Labute approximate surface area is 180 Å². The fourth-order valence-electron chi connectivity index (χ4n) is 1.74. The van der Waals surface area contributed by atoms with Gasteiger partial charge in [-0.3, -0.25) is 19.1 Å². The minimum atomic E-state index is -0.882. The maximum atomic E-state index is 12.9. The lowest BCUT2D eigenvalue weighted by Gasteiger charge is -2.18. The second-order valence-corrected chi connectivity index (χ2v) is 7.14. The van der Waals surface area contributed by atoms with Crippen LogP contribution in [-0.2, 0) is 25.8 Å². The summed E-state index contributed by atoms with van der Waals surface area (Å²) in [5, 5.41) is 21.7. The highest BCUT2D eigenvalue weighted by Crippen LogP contribution is 2.22. The summed E-state index contributed by atoms with van der Waals surface area (Å²) in [6, 6.07) is 5.48. The number of halogens is 1. The van der Waals surface area contributed by atoms with E-state index in [1.807, 2.05) is 0 Å². The van der Waals surface area contributed by atoms with Crippen molar-refractivity contribution in [1.82, 2.24) is 20.0 Å². The van der Waals surface area contributed by atoms with Gasteiger partial charge >= 0.3 is 0 Å². The van der Waals surface area contributed by atoms with Gasteiger partial charge in [0.25, 0.3) is 11.8 Å². The van der Waals surface area contributed by atoms with Crippen LogP contribution in [0.15, 0.2) is 40.4 Å². The number of aliphatic hydroxyl groups excluding tert-OH is 1. The molecular formula is C17H20FN5O5S2. The number of aromatic nitrogens is 2. The minimum absolute atomic E-state index is 0.00728. The van der Waals surface area contributed by atoms with E-state index >= 15 is 0 Å². The Balaban J connectivity index is 0.00000141. The number of hydrogen-bond acceptors (Lipinski definition) is 10. The Morgan fingerprint density at radius 2 is 1.97 bits per heavy atom. The molecule has 0 saturated heterocycles. The lowest BCUT2D eigenvalue weighted by Crippen LogP contribution is -2.29. The molecule has 0 bridgehead atoms. The van der Waals surface area contributed by atoms with E-state index in [9.17, 15) is 19.1 Å². The van der Waals surface area contributed by atoms with E-state index in [2.05, 4.69) is 20.2 Å². The molecule has 2 aromatic rings. The molecule has 13 heteroatoms. The van der Waals surface area contributed by atoms with Crippen molar-refractivity contribution in [3.63, 3.8) is 0 Å². The number of benzene rings is 1. The largest absolute Gasteiger partial charge is 0.503 e. The zero-order valence-electron chi connectivity index (χ0n) is 16.3. The molecule has 1 heterocycles. The third-order valence-electron chi connectivity index (χ3n) is 3.05. The number of anilines is 1. The molecule has 30 heavy (non-hydrogen) atoms. The molecule has 0 atom stereocenters. The molecule has 0 radical (unpaired) electrons. The highest BCUT2D eigenvalue weighted by Gasteiger charge is 2.17. The number of nitrogens with zero attached hydrogens (tertiary/aromatic N) is 3. The van der Waals surface area contributed by atoms with Crippen LogP contribution >= 0.6 is 23.3 Å². The van der Waals surface area contributed by atoms with E-state index in [1.54, 1.807) is 7.05 Å². The third kappa shape index (κ3) is 8.55. The molecule has 0 fully saturated rings. The smallest absolute Gasteiger partial charge is 0.296 e. The predicted octanol–water partition coefficient (Wildman–Crippen LogP) is 2.08. The molecule has 0 saturated carbocycles. The first-order chi connectivity index (χ1) is 14.3. The Morgan fingerprint density at radius 3 is 2.50 bits per heavy atom. The summed E-state index contributed by atoms with van der Waals surface area (Å²) < 4.78 is 15.7. The summed E-state index contributed by atoms with van der Waals surface area (Å²) in [4.78, 5) is 37.8. The quantitative estimate of drug-likeness (QED) is 0.179. The first-order valence-corrected chi connectivity index (χ1v) is 9.86. The summed E-state index contributed by atoms with van der Waals surface area (Å²) in [6.07, 6.45) is 1.47. The molecule has 3 N–H and O–H groups in total. The number of aliphatic hydroxyl groups is 1. The second kappa shape index (κ2) is 13.2. The van der Waals surface area contributed by atoms with E-state index in [4.69, 9.17) is 9.63 Å². The molecule has 162 valence electrons. The van der Waals surface area contributed by atoms with Gasteiger partial charge in [-0.25, -0.2) is 9.45 Å². The molecule has 0 aliphatic heterocycles. The van der Waals surface area contributed by atoms with Crippen LogP contribution < -0.4 is 10.0 Å². The minimum Gasteiger partial charge on any atom is -0.503 e. The van der Waals surface area contributed by atoms with Gasteiger partial charge in [-0.2, -0.15) is 0 Å². The summed E-state index contributed by atoms with van der Waals surface area (Å²) in [7, 11) is 2.94. The van der Waals surface area contributed by atoms with Gasteiger partial charge in [-0.05, 0) is 24.6 Å². The normalized spacial score (nSPS) is 10.5. The predicted molar refractivity (Wildman–Crippen MR) is 110 cm³/mol. The Kier molecular flexibility index (Phi) is 11.0. The number of rotatable bonds is 8. The Hall–Kier alpha value is -3.03. The molecule has 1 aromatic heterocycles. The lowest BCUT2D eigenvalue weighted by atomic mass is 10.2. The standard InChI is InChI=1S/C15H16FN5O4S2.C2H4O/c1-17-14-18-19-15(26-14)27-20-13(24)11(22)7-12(23)21(25-2)8-9-3-5-10(16)6-4-9;1-2-3/h3-7,22H,8H2,1-2H3,(H,17,18)(H,20,24);2H,1H3/b11-7-;. The molecule has 10 nitrogen and oxygen atoms in total. The average Bonchev–Trinajstić information content (AvgIpc) is 3.20. The van der Waals surface area contributed by atoms with Gasteiger partial charge in [0, 0.05) is 19.0 Å². The molecule has 2 amide bonds. The van der Waals surface area contributed by atoms with E-state index in [-0.39, 0.29) is 6.54 Å². The first kappa shape index (κ1) is 25.0. The van der Waals surface area contributed by atoms with Crippen molar-refractivity contribution in [3.05, 3.63) is 47.5 Å². The van der Waals surface area contributed by atoms with Gasteiger partial charge in [-0.15, -0.1) is 10.2 Å². The van der Waals surface area contributed by atoms with E-state index < -0.39 is 23.4 Å². The maximum absolute atomic E-state index is 12.9. The first-order valence-electron chi connectivity index (χ1n) is 8.23. The number of hydrogen-bond donors (Lipinski definition) is 3. The van der Waals surface area contributed by atoms with Crippen molar-refractivity contribution in [2.45, 2.75) is 17.8 Å². The van der Waals surface area contributed by atoms with Crippen LogP contribution in [0.1, 0.15) is 12.5 Å². The SMILES string of the molecule is CC=O.CNc1nnc(SNC(=O)/C(O)=C/C(=O)N(Cc2ccc(F)cc2)OC)s1. The zero-order valence-corrected chi connectivity index (χ0v) is 17.9. The summed E-state index contributed by atoms with van der Waals surface area (Å²) in [6.45, 7) is 1.45. The van der Waals surface area contributed by atoms with E-state index in [1.165, 1.54) is 49.6 Å². The van der Waals surface area contributed by atoms with Crippen LogP contribution in [0.2, 0.25) is 0 Å². The van der Waals surface area contributed by atoms with Crippen LogP contribution in [0, 0.1) is 5.82 Å². The van der Waals surface area contributed by atoms with Crippen LogP contribution in [0.5, 0.6) is 0 Å². The van der Waals surface area contributed by atoms with Gasteiger partial charge < -0.3 is 15.2 Å². The molecule has 0 spiro atoms. The molecule has 0 aliphatic carbocycles. The molecule has 0 aliphatic rings. The van der Waals surface area contributed by atoms with Crippen molar-refractivity contribution < 1.29 is 28.7 Å². The monoisotopic (exact) mass is 457 g/mol. The maximum Gasteiger partial charge on any atom is 0.296 e. The van der Waals surface area contributed by atoms with Crippen LogP contribution in [0.25, 0.3) is 0 Å². The molecule has 2 rings (SSSR count). The summed E-state index contributed by atoms with van der Waals surface area (Å²) in [5.41, 5.74) is 0.608. The second-order valence-electron chi connectivity index (χ2n) is 5.11. The fourth-order valence-corrected chi connectivity index (χ4v) is 3.06. The van der Waals surface area contributed by atoms with Crippen LogP contribution in [-0.4, -0.2) is 52.6 Å². The number of carbonyl (C=O) groups excluding carboxylic acids is 3. The number of nitrogens with one attached hydrogen (secondary N) is 2. The van der Waals surface area contributed by atoms with Crippen molar-refractivity contribution in [3.8, 4) is 0 Å². The Bertz CT molecular complexity index is 876. The fraction of sp³-hybridized carbons (Fsp3) is 0.235. The van der Waals surface area contributed by atoms with Crippen molar-refractivity contribution >= 4 is 46.5 Å². The third-order valence-corrected chi connectivity index (χ3v) is 4.83. The summed E-state index contributed by atoms with van der Waals surface area (Å²) >= 11 is 2.05. The summed E-state index contributed by atoms with van der Waals surface area (Å²) in [5.74, 6) is -2.84. The highest BCUT2D eigenvalue weighted by molar-refractivity contribution is 7.99. The Morgan fingerprint density at radius 1 is 1.33 bits per heavy atom. The topological polar surface area (TPSA) is 134 Å². The van der Waals surface area contributed by atoms with Gasteiger partial charge in [0.05, 0.1) is 19.7 Å². The van der Waals surface area contributed by atoms with Crippen molar-refractivity contribution in [1.29, 1.82) is 0 Å². The van der Waals surface area contributed by atoms with E-state index in [0.717, 1.165) is 29.4 Å². The molecule has 0 unspecified atom stereocenters. The zero-order chi connectivity index (χ0) is 22.5. The van der Waals surface area contributed by atoms with Crippen molar-refractivity contribution in [2.75, 3.05) is 19.5 Å². The van der Waals surface area contributed by atoms with Crippen molar-refractivity contribution in [2.24, 2.45) is 0 Å². The number of aldehydes is 1. The molecule has 1 aromatic carbocycles. The van der Waals surface area contributed by atoms with Crippen LogP contribution in [0.4, 0.5) is 9.52 Å². The number of amides is 2. The highest BCUT2D eigenvalue weighted by atomic mass is 32.2. The van der Waals surface area contributed by atoms with E-state index in [0.29, 0.717) is 15.0 Å². The molecular weight excluding hydrogens is 437 g/mol. The average molecular weight is 458 g/mol. The van der Waals surface area contributed by atoms with Gasteiger partial charge in [0.1, 0.15) is 12.1 Å². The van der Waals surface area contributed by atoms with Gasteiger partial charge in [0.15, 0.2) is 10.1 Å². The van der Waals surface area contributed by atoms with Gasteiger partial charge in [0.2, 0.25) is 5.13 Å². The van der Waals surface area contributed by atoms with Crippen LogP contribution in [0.3, 0.4) is 0 Å². The number of carbonyl (C=O) groups is 3. The lowest BCUT2D eigenvalue weighted by molar-refractivity contribution is -0.173. The van der Waals surface area contributed by atoms with Gasteiger partial charge in [-0.1, -0.05) is 23.5 Å². The number of hydroxylamine groups is 2.